The lowest BCUT2D eigenvalue weighted by Gasteiger charge is -2.26. The molecule has 2 aliphatic rings. The van der Waals surface area contributed by atoms with Crippen molar-refractivity contribution in [3.63, 3.8) is 0 Å². The number of nitrogens with one attached hydrogen (secondary N) is 1. The summed E-state index contributed by atoms with van der Waals surface area (Å²) in [6.07, 6.45) is 2.49. The number of benzene rings is 2. The SMILES string of the molecule is CC(Oc1ccc2c(c1)CCC2)C(=O)Nc1ccc(Cl)c(S(=O)(=O)N2CCOCC2)c1. The first-order valence-corrected chi connectivity index (χ1v) is 12.1. The summed E-state index contributed by atoms with van der Waals surface area (Å²) in [5.41, 5.74) is 2.94. The van der Waals surface area contributed by atoms with Gasteiger partial charge in [0.15, 0.2) is 6.10 Å². The second kappa shape index (κ2) is 9.16. The molecule has 4 rings (SSSR count). The van der Waals surface area contributed by atoms with Crippen LogP contribution < -0.4 is 10.1 Å². The van der Waals surface area contributed by atoms with Gasteiger partial charge in [0, 0.05) is 18.8 Å². The van der Waals surface area contributed by atoms with Crippen molar-refractivity contribution in [2.24, 2.45) is 0 Å². The van der Waals surface area contributed by atoms with Crippen molar-refractivity contribution in [1.82, 2.24) is 4.31 Å². The lowest BCUT2D eigenvalue weighted by Crippen LogP contribution is -2.40. The molecule has 0 saturated carbocycles. The summed E-state index contributed by atoms with van der Waals surface area (Å²) < 4.78 is 38.3. The Morgan fingerprint density at radius 3 is 2.65 bits per heavy atom. The maximum atomic E-state index is 13.0. The normalized spacial score (nSPS) is 17.7. The highest BCUT2D eigenvalue weighted by molar-refractivity contribution is 7.89. The van der Waals surface area contributed by atoms with Gasteiger partial charge in [0.2, 0.25) is 10.0 Å². The molecule has 1 heterocycles. The average Bonchev–Trinajstić information content (AvgIpc) is 3.23. The molecule has 2 aromatic carbocycles. The molecule has 0 radical (unpaired) electrons. The Labute approximate surface area is 187 Å². The molecule has 0 aromatic heterocycles. The van der Waals surface area contributed by atoms with Crippen LogP contribution in [-0.2, 0) is 32.4 Å². The summed E-state index contributed by atoms with van der Waals surface area (Å²) in [4.78, 5) is 12.6. The average molecular weight is 465 g/mol. The van der Waals surface area contributed by atoms with Crippen molar-refractivity contribution < 1.29 is 22.7 Å². The molecule has 1 aliphatic carbocycles. The van der Waals surface area contributed by atoms with E-state index in [-0.39, 0.29) is 28.9 Å². The molecule has 2 aromatic rings. The minimum atomic E-state index is -3.79. The number of nitrogens with zero attached hydrogens (tertiary/aromatic N) is 1. The van der Waals surface area contributed by atoms with E-state index in [2.05, 4.69) is 5.32 Å². The molecule has 7 nitrogen and oxygen atoms in total. The number of ether oxygens (including phenoxy) is 2. The molecule has 0 bridgehead atoms. The standard InChI is InChI=1S/C22H25ClN2O5S/c1-15(30-19-7-5-16-3-2-4-17(16)13-19)22(26)24-18-6-8-20(23)21(14-18)31(27,28)25-9-11-29-12-10-25/h5-8,13-15H,2-4,9-12H2,1H3,(H,24,26). The van der Waals surface area contributed by atoms with Crippen molar-refractivity contribution in [2.75, 3.05) is 31.6 Å². The molecule has 166 valence electrons. The summed E-state index contributed by atoms with van der Waals surface area (Å²) >= 11 is 6.18. The largest absolute Gasteiger partial charge is 0.481 e. The summed E-state index contributed by atoms with van der Waals surface area (Å²) in [5, 5.41) is 2.83. The van der Waals surface area contributed by atoms with Gasteiger partial charge in [-0.25, -0.2) is 8.42 Å². The Morgan fingerprint density at radius 1 is 1.13 bits per heavy atom. The van der Waals surface area contributed by atoms with Crippen LogP contribution in [-0.4, -0.2) is 51.0 Å². The van der Waals surface area contributed by atoms with Crippen LogP contribution in [0, 0.1) is 0 Å². The van der Waals surface area contributed by atoms with Gasteiger partial charge in [0.05, 0.1) is 18.2 Å². The quantitative estimate of drug-likeness (QED) is 0.709. The summed E-state index contributed by atoms with van der Waals surface area (Å²) in [6, 6.07) is 10.3. The number of fused-ring (bicyclic) bond motifs is 1. The van der Waals surface area contributed by atoms with E-state index in [0.717, 1.165) is 19.3 Å². The fraction of sp³-hybridized carbons (Fsp3) is 0.409. The second-order valence-corrected chi connectivity index (χ2v) is 10.0. The van der Waals surface area contributed by atoms with E-state index < -0.39 is 16.1 Å². The Hall–Kier alpha value is -2.13. The van der Waals surface area contributed by atoms with Crippen LogP contribution in [0.2, 0.25) is 5.02 Å². The molecular formula is C22H25ClN2O5S. The van der Waals surface area contributed by atoms with E-state index in [1.165, 1.54) is 27.6 Å². The molecule has 1 fully saturated rings. The summed E-state index contributed by atoms with van der Waals surface area (Å²) in [7, 11) is -3.79. The van der Waals surface area contributed by atoms with Gasteiger partial charge < -0.3 is 14.8 Å². The molecule has 1 unspecified atom stereocenters. The van der Waals surface area contributed by atoms with Gasteiger partial charge in [-0.1, -0.05) is 17.7 Å². The van der Waals surface area contributed by atoms with E-state index in [1.807, 2.05) is 18.2 Å². The van der Waals surface area contributed by atoms with Crippen LogP contribution in [0.3, 0.4) is 0 Å². The number of anilines is 1. The predicted octanol–water partition coefficient (Wildman–Crippen LogP) is 3.26. The molecule has 0 spiro atoms. The van der Waals surface area contributed by atoms with E-state index in [4.69, 9.17) is 21.1 Å². The third-order valence-electron chi connectivity index (χ3n) is 5.54. The number of aryl methyl sites for hydroxylation is 2. The zero-order valence-corrected chi connectivity index (χ0v) is 18.8. The summed E-state index contributed by atoms with van der Waals surface area (Å²) in [6.45, 7) is 2.86. The number of sulfonamides is 1. The highest BCUT2D eigenvalue weighted by atomic mass is 35.5. The highest BCUT2D eigenvalue weighted by Crippen LogP contribution is 2.29. The zero-order chi connectivity index (χ0) is 22.0. The second-order valence-electron chi connectivity index (χ2n) is 7.70. The number of carbonyl (C=O) groups is 1. The minimum absolute atomic E-state index is 0.0407. The number of rotatable bonds is 6. The van der Waals surface area contributed by atoms with Crippen molar-refractivity contribution in [3.8, 4) is 5.75 Å². The van der Waals surface area contributed by atoms with Crippen LogP contribution >= 0.6 is 11.6 Å². The molecule has 1 N–H and O–H groups in total. The Bertz CT molecular complexity index is 1080. The smallest absolute Gasteiger partial charge is 0.265 e. The van der Waals surface area contributed by atoms with Gasteiger partial charge in [-0.2, -0.15) is 4.31 Å². The maximum absolute atomic E-state index is 13.0. The number of hydrogen-bond acceptors (Lipinski definition) is 5. The van der Waals surface area contributed by atoms with Gasteiger partial charge in [-0.15, -0.1) is 0 Å². The van der Waals surface area contributed by atoms with E-state index >= 15 is 0 Å². The van der Waals surface area contributed by atoms with E-state index in [1.54, 1.807) is 13.0 Å². The van der Waals surface area contributed by atoms with Gasteiger partial charge >= 0.3 is 0 Å². The van der Waals surface area contributed by atoms with Crippen LogP contribution in [0.15, 0.2) is 41.3 Å². The predicted molar refractivity (Wildman–Crippen MR) is 118 cm³/mol. The van der Waals surface area contributed by atoms with Gasteiger partial charge in [0.1, 0.15) is 10.6 Å². The van der Waals surface area contributed by atoms with Gasteiger partial charge in [0.25, 0.3) is 5.91 Å². The van der Waals surface area contributed by atoms with Crippen LogP contribution in [0.1, 0.15) is 24.5 Å². The van der Waals surface area contributed by atoms with Gasteiger partial charge in [-0.3, -0.25) is 4.79 Å². The molecule has 1 saturated heterocycles. The number of hydrogen-bond donors (Lipinski definition) is 1. The monoisotopic (exact) mass is 464 g/mol. The fourth-order valence-corrected chi connectivity index (χ4v) is 5.74. The van der Waals surface area contributed by atoms with Crippen molar-refractivity contribution in [2.45, 2.75) is 37.2 Å². The first-order chi connectivity index (χ1) is 14.8. The number of carbonyl (C=O) groups excluding carboxylic acids is 1. The Balaban J connectivity index is 1.46. The van der Waals surface area contributed by atoms with Crippen molar-refractivity contribution in [1.29, 1.82) is 0 Å². The molecule has 31 heavy (non-hydrogen) atoms. The van der Waals surface area contributed by atoms with Gasteiger partial charge in [-0.05, 0) is 67.6 Å². The van der Waals surface area contributed by atoms with Crippen LogP contribution in [0.4, 0.5) is 5.69 Å². The number of halogens is 1. The Morgan fingerprint density at radius 2 is 1.87 bits per heavy atom. The molecule has 1 amide bonds. The summed E-state index contributed by atoms with van der Waals surface area (Å²) in [5.74, 6) is 0.271. The minimum Gasteiger partial charge on any atom is -0.481 e. The highest BCUT2D eigenvalue weighted by Gasteiger charge is 2.29. The van der Waals surface area contributed by atoms with Crippen LogP contribution in [0.5, 0.6) is 5.75 Å². The lowest BCUT2D eigenvalue weighted by molar-refractivity contribution is -0.122. The maximum Gasteiger partial charge on any atom is 0.265 e. The molecule has 1 aliphatic heterocycles. The first-order valence-electron chi connectivity index (χ1n) is 10.3. The zero-order valence-electron chi connectivity index (χ0n) is 17.3. The Kier molecular flexibility index (Phi) is 6.52. The number of morpholine rings is 1. The van der Waals surface area contributed by atoms with Crippen LogP contribution in [0.25, 0.3) is 0 Å². The van der Waals surface area contributed by atoms with Crippen molar-refractivity contribution in [3.05, 3.63) is 52.5 Å². The topological polar surface area (TPSA) is 84.9 Å². The van der Waals surface area contributed by atoms with Crippen molar-refractivity contribution >= 4 is 33.2 Å². The molecule has 9 heteroatoms. The third kappa shape index (κ3) is 4.87. The number of amides is 1. The van der Waals surface area contributed by atoms with E-state index in [9.17, 15) is 13.2 Å². The third-order valence-corrected chi connectivity index (χ3v) is 7.92. The lowest BCUT2D eigenvalue weighted by atomic mass is 10.1. The van der Waals surface area contributed by atoms with E-state index in [0.29, 0.717) is 24.7 Å². The molecule has 1 atom stereocenters. The molecular weight excluding hydrogens is 440 g/mol. The fourth-order valence-electron chi connectivity index (χ4n) is 3.83. The first kappa shape index (κ1) is 22.1.